The van der Waals surface area contributed by atoms with Crippen LogP contribution in [0.15, 0.2) is 30.6 Å². The van der Waals surface area contributed by atoms with Gasteiger partial charge in [0.2, 0.25) is 0 Å². The topological polar surface area (TPSA) is 124 Å². The first-order valence-corrected chi connectivity index (χ1v) is 15.4. The minimum atomic E-state index is -4.75. The van der Waals surface area contributed by atoms with E-state index in [0.29, 0.717) is 17.1 Å². The number of nitrogens with two attached hydrogens (primary N) is 1. The molecule has 250 valence electrons. The fraction of sp³-hybridized carbons (Fsp3) is 0.469. The highest BCUT2D eigenvalue weighted by Gasteiger charge is 2.39. The predicted molar refractivity (Wildman–Crippen MR) is 170 cm³/mol. The summed E-state index contributed by atoms with van der Waals surface area (Å²) < 4.78 is 62.9. The second-order valence-electron chi connectivity index (χ2n) is 12.4. The van der Waals surface area contributed by atoms with E-state index in [0.717, 1.165) is 19.0 Å². The molecule has 1 amide bonds. The number of rotatable bonds is 7. The average molecular weight is 675 g/mol. The largest absolute Gasteiger partial charge is 0.462 e. The van der Waals surface area contributed by atoms with Gasteiger partial charge in [-0.2, -0.15) is 28.4 Å². The molecule has 2 aliphatic rings. The minimum Gasteiger partial charge on any atom is -0.462 e. The van der Waals surface area contributed by atoms with Crippen LogP contribution < -0.4 is 15.4 Å². The third-order valence-corrected chi connectivity index (χ3v) is 9.07. The molecule has 3 unspecified atom stereocenters. The number of halogens is 5. The van der Waals surface area contributed by atoms with E-state index in [1.54, 1.807) is 6.92 Å². The number of benzene rings is 1. The van der Waals surface area contributed by atoms with Crippen LogP contribution in [0.25, 0.3) is 22.2 Å². The Labute approximate surface area is 274 Å². The van der Waals surface area contributed by atoms with Crippen LogP contribution in [-0.4, -0.2) is 82.1 Å². The fourth-order valence-electron chi connectivity index (χ4n) is 6.57. The quantitative estimate of drug-likeness (QED) is 0.245. The summed E-state index contributed by atoms with van der Waals surface area (Å²) in [5.41, 5.74) is 4.56. The number of likely N-dealkylation sites (tertiary alicyclic amines) is 1. The van der Waals surface area contributed by atoms with Crippen molar-refractivity contribution in [1.82, 2.24) is 24.8 Å². The number of nitriles is 1. The molecule has 10 nitrogen and oxygen atoms in total. The summed E-state index contributed by atoms with van der Waals surface area (Å²) in [6.45, 7) is 9.69. The van der Waals surface area contributed by atoms with Crippen molar-refractivity contribution in [3.63, 3.8) is 0 Å². The molecule has 1 aromatic carbocycles. The van der Waals surface area contributed by atoms with Crippen LogP contribution in [0.1, 0.15) is 37.8 Å². The van der Waals surface area contributed by atoms with E-state index in [-0.39, 0.29) is 65.7 Å². The predicted octanol–water partition coefficient (Wildman–Crippen LogP) is 5.78. The lowest BCUT2D eigenvalue weighted by atomic mass is 9.99. The molecule has 15 heteroatoms. The van der Waals surface area contributed by atoms with Gasteiger partial charge in [0.25, 0.3) is 5.91 Å². The standard InChI is InChI=1S/C32H35ClF4N8O2/c1-16-8-21(43(5)12-16)15-47-31-40-25-11-22(28-27(32(35,36)37)17(2)9-26(39)41-28)24(33)10-23(25)29(42-31)44-14-20(6-7-38)45(13-18(44)3)30(46)19(4)34/h9-11,16,18,20-21H,4,6,8,12-15H2,1-3,5H3,(H2,39,41)/t16?,18?,20?,21-/m0/s1. The maximum atomic E-state index is 14.3. The number of pyridine rings is 1. The first kappa shape index (κ1) is 34.1. The molecule has 0 bridgehead atoms. The lowest BCUT2D eigenvalue weighted by Gasteiger charge is -2.45. The first-order valence-electron chi connectivity index (χ1n) is 15.1. The van der Waals surface area contributed by atoms with Gasteiger partial charge in [0.15, 0.2) is 5.83 Å². The van der Waals surface area contributed by atoms with Crippen molar-refractivity contribution in [3.05, 3.63) is 46.8 Å². The van der Waals surface area contributed by atoms with Gasteiger partial charge >= 0.3 is 12.2 Å². The lowest BCUT2D eigenvalue weighted by Crippen LogP contribution is -2.59. The molecule has 2 N–H and O–H groups in total. The van der Waals surface area contributed by atoms with Gasteiger partial charge in [-0.3, -0.25) is 9.69 Å². The molecule has 2 saturated heterocycles. The van der Waals surface area contributed by atoms with Gasteiger partial charge in [-0.15, -0.1) is 0 Å². The van der Waals surface area contributed by atoms with Crippen molar-refractivity contribution in [2.75, 3.05) is 43.9 Å². The van der Waals surface area contributed by atoms with Crippen molar-refractivity contribution in [2.45, 2.75) is 57.9 Å². The minimum absolute atomic E-state index is 0.0128. The zero-order valence-electron chi connectivity index (χ0n) is 26.4. The van der Waals surface area contributed by atoms with E-state index in [1.807, 2.05) is 11.9 Å². The van der Waals surface area contributed by atoms with Crippen molar-refractivity contribution in [1.29, 1.82) is 5.26 Å². The van der Waals surface area contributed by atoms with Gasteiger partial charge in [-0.05, 0) is 57.0 Å². The fourth-order valence-corrected chi connectivity index (χ4v) is 6.82. The summed E-state index contributed by atoms with van der Waals surface area (Å²) in [5.74, 6) is -1.33. The van der Waals surface area contributed by atoms with E-state index < -0.39 is 41.3 Å². The zero-order valence-corrected chi connectivity index (χ0v) is 27.2. The maximum Gasteiger partial charge on any atom is 0.418 e. The van der Waals surface area contributed by atoms with Crippen LogP contribution in [-0.2, 0) is 11.0 Å². The number of ether oxygens (including phenoxy) is 1. The number of fused-ring (bicyclic) bond motifs is 1. The molecule has 2 fully saturated rings. The molecule has 2 aromatic heterocycles. The summed E-state index contributed by atoms with van der Waals surface area (Å²) in [6, 6.07) is 5.01. The molecule has 0 aliphatic carbocycles. The van der Waals surface area contributed by atoms with Crippen LogP contribution in [0, 0.1) is 24.2 Å². The molecule has 3 aromatic rings. The summed E-state index contributed by atoms with van der Waals surface area (Å²) in [4.78, 5) is 31.3. The van der Waals surface area contributed by atoms with Gasteiger partial charge < -0.3 is 20.3 Å². The first-order chi connectivity index (χ1) is 22.1. The van der Waals surface area contributed by atoms with Crippen molar-refractivity contribution >= 4 is 40.0 Å². The van der Waals surface area contributed by atoms with E-state index in [9.17, 15) is 27.6 Å². The molecule has 0 saturated carbocycles. The van der Waals surface area contributed by atoms with Gasteiger partial charge in [-0.1, -0.05) is 25.1 Å². The Bertz CT molecular complexity index is 1760. The lowest BCUT2D eigenvalue weighted by molar-refractivity contribution is -0.137. The van der Waals surface area contributed by atoms with Gasteiger partial charge in [0.05, 0.1) is 40.3 Å². The second kappa shape index (κ2) is 13.1. The van der Waals surface area contributed by atoms with Crippen LogP contribution >= 0.6 is 11.6 Å². The molecule has 47 heavy (non-hydrogen) atoms. The van der Waals surface area contributed by atoms with E-state index in [4.69, 9.17) is 27.1 Å². The van der Waals surface area contributed by atoms with Crippen LogP contribution in [0.5, 0.6) is 6.01 Å². The number of carbonyl (C=O) groups excluding carboxylic acids is 1. The molecule has 5 rings (SSSR count). The Balaban J connectivity index is 1.66. The number of likely N-dealkylation sites (N-methyl/N-ethyl adjacent to an activating group) is 1. The normalized spacial score (nSPS) is 22.0. The van der Waals surface area contributed by atoms with Crippen molar-refractivity contribution in [2.24, 2.45) is 5.92 Å². The molecule has 2 aliphatic heterocycles. The number of nitrogen functional groups attached to an aromatic ring is 1. The van der Waals surface area contributed by atoms with E-state index in [2.05, 4.69) is 34.4 Å². The molecule has 4 atom stereocenters. The number of nitrogens with zero attached hydrogens (tertiary/aromatic N) is 7. The molecule has 0 radical (unpaired) electrons. The Morgan fingerprint density at radius 2 is 1.89 bits per heavy atom. The number of anilines is 2. The third kappa shape index (κ3) is 6.92. The number of amides is 1. The second-order valence-corrected chi connectivity index (χ2v) is 12.8. The number of carbonyl (C=O) groups is 1. The zero-order chi connectivity index (χ0) is 34.4. The number of piperazine rings is 1. The summed E-state index contributed by atoms with van der Waals surface area (Å²) >= 11 is 6.70. The Kier molecular flexibility index (Phi) is 9.52. The number of alkyl halides is 3. The van der Waals surface area contributed by atoms with Crippen molar-refractivity contribution in [3.8, 4) is 23.3 Å². The Morgan fingerprint density at radius 1 is 1.17 bits per heavy atom. The highest BCUT2D eigenvalue weighted by molar-refractivity contribution is 6.34. The maximum absolute atomic E-state index is 14.3. The molecular weight excluding hydrogens is 640 g/mol. The smallest absolute Gasteiger partial charge is 0.418 e. The van der Waals surface area contributed by atoms with Crippen LogP contribution in [0.2, 0.25) is 5.02 Å². The van der Waals surface area contributed by atoms with E-state index >= 15 is 0 Å². The molecule has 0 spiro atoms. The number of hydrogen-bond donors (Lipinski definition) is 1. The Hall–Kier alpha value is -4.22. The summed E-state index contributed by atoms with van der Waals surface area (Å²) in [6.07, 6.45) is -3.94. The number of aromatic nitrogens is 3. The third-order valence-electron chi connectivity index (χ3n) is 8.75. The molecule has 4 heterocycles. The van der Waals surface area contributed by atoms with Crippen LogP contribution in [0.4, 0.5) is 29.2 Å². The summed E-state index contributed by atoms with van der Waals surface area (Å²) in [7, 11) is 2.00. The highest BCUT2D eigenvalue weighted by Crippen LogP contribution is 2.43. The van der Waals surface area contributed by atoms with Crippen molar-refractivity contribution < 1.29 is 27.1 Å². The Morgan fingerprint density at radius 3 is 2.51 bits per heavy atom. The SMILES string of the molecule is C=C(F)C(=O)N1CC(C)N(c2nc(OC[C@@H]3CC(C)CN3C)nc3cc(-c4nc(N)cc(C)c4C(F)(F)F)c(Cl)cc23)CC1CC#N. The average Bonchev–Trinajstić information content (AvgIpc) is 3.30. The monoisotopic (exact) mass is 674 g/mol. The van der Waals surface area contributed by atoms with Crippen LogP contribution in [0.3, 0.4) is 0 Å². The van der Waals surface area contributed by atoms with Gasteiger partial charge in [0, 0.05) is 42.7 Å². The van der Waals surface area contributed by atoms with E-state index in [1.165, 1.54) is 24.0 Å². The summed E-state index contributed by atoms with van der Waals surface area (Å²) in [5, 5.41) is 9.86. The van der Waals surface area contributed by atoms with Gasteiger partial charge in [-0.25, -0.2) is 9.37 Å². The number of aryl methyl sites for hydroxylation is 1. The number of hydrogen-bond acceptors (Lipinski definition) is 9. The highest BCUT2D eigenvalue weighted by atomic mass is 35.5. The molecular formula is C32H35ClF4N8O2. The van der Waals surface area contributed by atoms with Gasteiger partial charge in [0.1, 0.15) is 18.2 Å².